The van der Waals surface area contributed by atoms with Gasteiger partial charge in [-0.05, 0) is 37.1 Å². The Morgan fingerprint density at radius 1 is 1.29 bits per heavy atom. The number of hydrogen-bond acceptors (Lipinski definition) is 5. The quantitative estimate of drug-likeness (QED) is 0.831. The number of likely N-dealkylation sites (tertiary alicyclic amines) is 1. The third-order valence-electron chi connectivity index (χ3n) is 5.52. The predicted octanol–water partition coefficient (Wildman–Crippen LogP) is 3.12. The molecule has 7 nitrogen and oxygen atoms in total. The molecule has 1 spiro atoms. The van der Waals surface area contributed by atoms with Crippen molar-refractivity contribution in [1.82, 2.24) is 20.2 Å². The summed E-state index contributed by atoms with van der Waals surface area (Å²) in [6.07, 6.45) is 4.28. The average Bonchev–Trinajstić information content (AvgIpc) is 3.26. The van der Waals surface area contributed by atoms with Crippen LogP contribution < -0.4 is 15.5 Å². The molecule has 2 aliphatic heterocycles. The number of nitrogens with zero attached hydrogens (tertiary/aromatic N) is 4. The van der Waals surface area contributed by atoms with Crippen molar-refractivity contribution in [2.75, 3.05) is 36.9 Å². The minimum atomic E-state index is -0.170. The zero-order valence-corrected chi connectivity index (χ0v) is 16.8. The standard InChI is InChI=1S/C20H23ClN6O/c1-13-9-24-18(10-23-13)25-14(2)27-12-20(6-7-26(11-20)19(28)22-3)16-8-15(21)4-5-17(16)27/h4-5,8-10H,2,6-7,11-12H2,1,3H3,(H,22,28)(H,24,25)/t20-/m1/s1. The van der Waals surface area contributed by atoms with Gasteiger partial charge >= 0.3 is 6.03 Å². The van der Waals surface area contributed by atoms with Gasteiger partial charge in [0.2, 0.25) is 0 Å². The summed E-state index contributed by atoms with van der Waals surface area (Å²) in [7, 11) is 1.66. The summed E-state index contributed by atoms with van der Waals surface area (Å²) in [5, 5.41) is 6.67. The molecule has 28 heavy (non-hydrogen) atoms. The Kier molecular flexibility index (Phi) is 4.63. The van der Waals surface area contributed by atoms with Crippen molar-refractivity contribution in [3.63, 3.8) is 0 Å². The van der Waals surface area contributed by atoms with Crippen LogP contribution >= 0.6 is 11.6 Å². The highest BCUT2D eigenvalue weighted by Gasteiger charge is 2.49. The van der Waals surface area contributed by atoms with Crippen LogP contribution in [0.3, 0.4) is 0 Å². The van der Waals surface area contributed by atoms with E-state index in [-0.39, 0.29) is 11.4 Å². The van der Waals surface area contributed by atoms with Crippen LogP contribution in [0.15, 0.2) is 43.0 Å². The van der Waals surface area contributed by atoms with Crippen LogP contribution in [0.1, 0.15) is 17.7 Å². The molecule has 0 unspecified atom stereocenters. The van der Waals surface area contributed by atoms with E-state index in [9.17, 15) is 4.79 Å². The third-order valence-corrected chi connectivity index (χ3v) is 5.75. The first-order valence-corrected chi connectivity index (χ1v) is 9.58. The smallest absolute Gasteiger partial charge is 0.317 e. The summed E-state index contributed by atoms with van der Waals surface area (Å²) in [5.74, 6) is 1.36. The third kappa shape index (κ3) is 3.16. The van der Waals surface area contributed by atoms with E-state index in [4.69, 9.17) is 11.6 Å². The van der Waals surface area contributed by atoms with Gasteiger partial charge < -0.3 is 20.4 Å². The van der Waals surface area contributed by atoms with Gasteiger partial charge in [0.15, 0.2) is 0 Å². The van der Waals surface area contributed by atoms with E-state index in [1.807, 2.05) is 30.0 Å². The maximum absolute atomic E-state index is 12.1. The molecule has 1 fully saturated rings. The molecule has 1 aromatic heterocycles. The maximum atomic E-state index is 12.1. The molecule has 146 valence electrons. The topological polar surface area (TPSA) is 73.4 Å². The van der Waals surface area contributed by atoms with Crippen LogP contribution in [0, 0.1) is 6.92 Å². The highest BCUT2D eigenvalue weighted by Crippen LogP contribution is 2.48. The normalized spacial score (nSPS) is 20.4. The molecule has 2 aromatic rings. The van der Waals surface area contributed by atoms with Crippen molar-refractivity contribution >= 4 is 29.1 Å². The molecular weight excluding hydrogens is 376 g/mol. The van der Waals surface area contributed by atoms with E-state index in [1.54, 1.807) is 19.4 Å². The van der Waals surface area contributed by atoms with Gasteiger partial charge in [-0.1, -0.05) is 18.2 Å². The second-order valence-electron chi connectivity index (χ2n) is 7.37. The minimum absolute atomic E-state index is 0.0502. The number of urea groups is 1. The molecule has 2 N–H and O–H groups in total. The first-order valence-electron chi connectivity index (χ1n) is 9.21. The molecule has 2 aliphatic rings. The van der Waals surface area contributed by atoms with Gasteiger partial charge in [0.25, 0.3) is 0 Å². The number of anilines is 2. The molecule has 8 heteroatoms. The molecular formula is C20H23ClN6O. The van der Waals surface area contributed by atoms with Crippen molar-refractivity contribution in [2.24, 2.45) is 0 Å². The largest absolute Gasteiger partial charge is 0.341 e. The number of rotatable bonds is 3. The number of halogens is 1. The lowest BCUT2D eigenvalue weighted by Gasteiger charge is -2.27. The van der Waals surface area contributed by atoms with Crippen molar-refractivity contribution < 1.29 is 4.79 Å². The Morgan fingerprint density at radius 2 is 2.11 bits per heavy atom. The molecule has 1 saturated heterocycles. The number of nitrogens with one attached hydrogen (secondary N) is 2. The predicted molar refractivity (Wildman–Crippen MR) is 111 cm³/mol. The number of carbonyl (C=O) groups is 1. The maximum Gasteiger partial charge on any atom is 0.317 e. The number of fused-ring (bicyclic) bond motifs is 2. The van der Waals surface area contributed by atoms with Crippen LogP contribution in [-0.4, -0.2) is 47.6 Å². The van der Waals surface area contributed by atoms with E-state index < -0.39 is 0 Å². The lowest BCUT2D eigenvalue weighted by Crippen LogP contribution is -2.41. The number of amides is 2. The number of aromatic nitrogens is 2. The van der Waals surface area contributed by atoms with Gasteiger partial charge in [-0.25, -0.2) is 9.78 Å². The minimum Gasteiger partial charge on any atom is -0.341 e. The van der Waals surface area contributed by atoms with Gasteiger partial charge in [-0.15, -0.1) is 0 Å². The van der Waals surface area contributed by atoms with Crippen molar-refractivity contribution in [3.05, 3.63) is 59.3 Å². The Bertz CT molecular complexity index is 931. The first-order chi connectivity index (χ1) is 13.4. The lowest BCUT2D eigenvalue weighted by atomic mass is 9.81. The number of aryl methyl sites for hydroxylation is 1. The fourth-order valence-electron chi connectivity index (χ4n) is 4.11. The molecule has 1 aromatic carbocycles. The highest BCUT2D eigenvalue weighted by molar-refractivity contribution is 6.30. The zero-order chi connectivity index (χ0) is 19.9. The van der Waals surface area contributed by atoms with Gasteiger partial charge in [0.05, 0.1) is 18.1 Å². The van der Waals surface area contributed by atoms with Crippen LogP contribution in [0.5, 0.6) is 0 Å². The summed E-state index contributed by atoms with van der Waals surface area (Å²) >= 11 is 6.32. The van der Waals surface area contributed by atoms with E-state index in [1.165, 1.54) is 0 Å². The Hall–Kier alpha value is -2.80. The van der Waals surface area contributed by atoms with Crippen LogP contribution in [0.2, 0.25) is 5.02 Å². The molecule has 1 atom stereocenters. The van der Waals surface area contributed by atoms with Gasteiger partial charge in [0, 0.05) is 42.8 Å². The van der Waals surface area contributed by atoms with E-state index >= 15 is 0 Å². The summed E-state index contributed by atoms with van der Waals surface area (Å²) in [4.78, 5) is 24.8. The Balaban J connectivity index is 1.63. The number of carbonyl (C=O) groups excluding carboxylic acids is 1. The van der Waals surface area contributed by atoms with Gasteiger partial charge in [-0.2, -0.15) is 0 Å². The fourth-order valence-corrected chi connectivity index (χ4v) is 4.28. The highest BCUT2D eigenvalue weighted by atomic mass is 35.5. The van der Waals surface area contributed by atoms with Gasteiger partial charge in [-0.3, -0.25) is 4.98 Å². The van der Waals surface area contributed by atoms with Crippen LogP contribution in [0.25, 0.3) is 0 Å². The van der Waals surface area contributed by atoms with Crippen molar-refractivity contribution in [3.8, 4) is 0 Å². The summed E-state index contributed by atoms with van der Waals surface area (Å²) in [5.41, 5.74) is 2.90. The second kappa shape index (κ2) is 6.98. The molecule has 2 amide bonds. The average molecular weight is 399 g/mol. The molecule has 4 rings (SSSR count). The van der Waals surface area contributed by atoms with Crippen molar-refractivity contribution in [1.29, 1.82) is 0 Å². The fraction of sp³-hybridized carbons (Fsp3) is 0.350. The first kappa shape index (κ1) is 18.6. The molecule has 0 aliphatic carbocycles. The molecule has 0 bridgehead atoms. The Morgan fingerprint density at radius 3 is 2.82 bits per heavy atom. The van der Waals surface area contributed by atoms with Crippen molar-refractivity contribution in [2.45, 2.75) is 18.8 Å². The molecule has 0 radical (unpaired) electrons. The monoisotopic (exact) mass is 398 g/mol. The number of benzene rings is 1. The molecule has 0 saturated carbocycles. The van der Waals surface area contributed by atoms with Gasteiger partial charge in [0.1, 0.15) is 11.6 Å². The second-order valence-corrected chi connectivity index (χ2v) is 7.81. The van der Waals surface area contributed by atoms with E-state index in [0.717, 1.165) is 35.7 Å². The summed E-state index contributed by atoms with van der Waals surface area (Å²) in [6.45, 7) is 8.20. The summed E-state index contributed by atoms with van der Waals surface area (Å²) in [6, 6.07) is 5.87. The Labute approximate surface area is 169 Å². The van der Waals surface area contributed by atoms with E-state index in [2.05, 4.69) is 32.1 Å². The zero-order valence-electron chi connectivity index (χ0n) is 16.0. The SMILES string of the molecule is C=C(Nc1cnc(C)cn1)N1C[C@]2(CCN(C(=O)NC)C2)c2cc(Cl)ccc21. The number of hydrogen-bond donors (Lipinski definition) is 2. The van der Waals surface area contributed by atoms with Crippen LogP contribution in [-0.2, 0) is 5.41 Å². The van der Waals surface area contributed by atoms with Crippen LogP contribution in [0.4, 0.5) is 16.3 Å². The molecule has 3 heterocycles. The summed E-state index contributed by atoms with van der Waals surface area (Å²) < 4.78 is 0. The van der Waals surface area contributed by atoms with E-state index in [0.29, 0.717) is 23.9 Å². The lowest BCUT2D eigenvalue weighted by molar-refractivity contribution is 0.208.